The van der Waals surface area contributed by atoms with E-state index >= 15 is 0 Å². The zero-order valence-electron chi connectivity index (χ0n) is 16.6. The fourth-order valence-electron chi connectivity index (χ4n) is 4.51. The summed E-state index contributed by atoms with van der Waals surface area (Å²) in [6.07, 6.45) is 1.59. The van der Waals surface area contributed by atoms with Gasteiger partial charge in [-0.25, -0.2) is 0 Å². The van der Waals surface area contributed by atoms with Crippen molar-refractivity contribution in [1.29, 1.82) is 0 Å². The van der Waals surface area contributed by atoms with Crippen molar-refractivity contribution in [2.45, 2.75) is 57.0 Å². The Hall–Kier alpha value is -1.41. The lowest BCUT2D eigenvalue weighted by Gasteiger charge is -2.43. The number of amides is 1. The van der Waals surface area contributed by atoms with Gasteiger partial charge in [-0.15, -0.1) is 0 Å². The number of methoxy groups -OCH3 is 1. The van der Waals surface area contributed by atoms with Crippen LogP contribution in [0.4, 0.5) is 5.69 Å². The van der Waals surface area contributed by atoms with E-state index in [1.807, 2.05) is 36.2 Å². The van der Waals surface area contributed by atoms with Gasteiger partial charge >= 0.3 is 0 Å². The van der Waals surface area contributed by atoms with E-state index in [4.69, 9.17) is 9.47 Å². The van der Waals surface area contributed by atoms with E-state index in [9.17, 15) is 14.7 Å². The Balaban J connectivity index is 1.95. The van der Waals surface area contributed by atoms with Crippen LogP contribution in [-0.2, 0) is 9.53 Å². The molecule has 150 valence electrons. The highest BCUT2D eigenvalue weighted by atomic mass is 28.4. The first-order chi connectivity index (χ1) is 12.8. The molecule has 1 fully saturated rings. The van der Waals surface area contributed by atoms with Gasteiger partial charge in [0.25, 0.3) is 0 Å². The number of rotatable bonds is 6. The van der Waals surface area contributed by atoms with Crippen molar-refractivity contribution in [1.82, 2.24) is 0 Å². The van der Waals surface area contributed by atoms with Crippen molar-refractivity contribution < 1.29 is 24.2 Å². The van der Waals surface area contributed by atoms with Gasteiger partial charge in [-0.3, -0.25) is 4.79 Å². The molecular formula is C20H31NO5Si. The molecule has 1 aromatic rings. The molecule has 1 amide bonds. The molecule has 2 aliphatic rings. The highest BCUT2D eigenvalue weighted by molar-refractivity contribution is 6.71. The van der Waals surface area contributed by atoms with E-state index in [0.29, 0.717) is 12.8 Å². The molecule has 0 aliphatic carbocycles. The Morgan fingerprint density at radius 2 is 2.15 bits per heavy atom. The number of aliphatic hydroxyl groups excluding tert-OH is 1. The Labute approximate surface area is 162 Å². The Kier molecular flexibility index (Phi) is 5.95. The fourth-order valence-corrected chi connectivity index (χ4v) is 6.52. The lowest BCUT2D eigenvalue weighted by atomic mass is 9.86. The summed E-state index contributed by atoms with van der Waals surface area (Å²) in [5, 5.41) is 9.50. The summed E-state index contributed by atoms with van der Waals surface area (Å²) >= 11 is 0. The van der Waals surface area contributed by atoms with Crippen LogP contribution in [0.5, 0.6) is 5.75 Å². The number of hydrogen-bond donors (Lipinski definition) is 2. The number of ether oxygens (including phenoxy) is 2. The molecule has 0 bridgehead atoms. The first kappa shape index (κ1) is 20.3. The monoisotopic (exact) mass is 393 g/mol. The molecule has 2 heterocycles. The minimum Gasteiger partial charge on any atom is -0.490 e. The van der Waals surface area contributed by atoms with E-state index in [2.05, 4.69) is 6.92 Å². The average molecular weight is 394 g/mol. The average Bonchev–Trinajstić information content (AvgIpc) is 3.04. The number of hydrogen-bond acceptors (Lipinski definition) is 5. The summed E-state index contributed by atoms with van der Waals surface area (Å²) in [7, 11) is -0.851. The number of carbonyl (C=O) groups is 1. The summed E-state index contributed by atoms with van der Waals surface area (Å²) in [6.45, 7) is 6.62. The van der Waals surface area contributed by atoms with Gasteiger partial charge in [0, 0.05) is 49.4 Å². The minimum absolute atomic E-state index is 0.0162. The van der Waals surface area contributed by atoms with Gasteiger partial charge in [-0.2, -0.15) is 0 Å². The number of fused-ring (bicyclic) bond motifs is 1. The molecule has 1 aromatic carbocycles. The van der Waals surface area contributed by atoms with Crippen molar-refractivity contribution in [3.63, 3.8) is 0 Å². The summed E-state index contributed by atoms with van der Waals surface area (Å²) in [5.74, 6) is 0.909. The number of aliphatic hydroxyl groups is 1. The molecule has 6 nitrogen and oxygen atoms in total. The Morgan fingerprint density at radius 3 is 2.70 bits per heavy atom. The van der Waals surface area contributed by atoms with E-state index in [0.717, 1.165) is 30.0 Å². The van der Waals surface area contributed by atoms with E-state index < -0.39 is 8.32 Å². The van der Waals surface area contributed by atoms with Crippen LogP contribution in [0.25, 0.3) is 0 Å². The third kappa shape index (κ3) is 3.92. The molecule has 1 unspecified atom stereocenters. The van der Waals surface area contributed by atoms with Crippen molar-refractivity contribution in [3.05, 3.63) is 23.8 Å². The van der Waals surface area contributed by atoms with E-state index in [-0.39, 0.29) is 36.2 Å². The van der Waals surface area contributed by atoms with Gasteiger partial charge in [-0.1, -0.05) is 6.92 Å². The second-order valence-electron chi connectivity index (χ2n) is 8.24. The maximum Gasteiger partial charge on any atom is 0.227 e. The maximum atomic E-state index is 12.1. The SMILES string of the molecule is CO[C@H]1c2cc(N3CCCC3=O)ccc2O[C@@H](C(CCO)[Si](C)(C)O)[C@@H]1C. The van der Waals surface area contributed by atoms with E-state index in [1.165, 1.54) is 0 Å². The third-order valence-corrected chi connectivity index (χ3v) is 8.37. The topological polar surface area (TPSA) is 79.2 Å². The normalized spacial score (nSPS) is 26.7. The number of carbonyl (C=O) groups excluding carboxylic acids is 1. The standard InChI is InChI=1S/C20H31NO5Si/c1-13-19(25-2)15-12-14(21-10-5-6-18(21)23)7-8-16(15)26-20(13)17(9-11-22)27(3,4)24/h7-8,12-13,17,19-20,22,24H,5-6,9-11H2,1-4H3/t13-,17?,19-,20-/m1/s1. The molecule has 2 N–H and O–H groups in total. The van der Waals surface area contributed by atoms with Crippen LogP contribution in [0.3, 0.4) is 0 Å². The first-order valence-corrected chi connectivity index (χ1v) is 12.8. The van der Waals surface area contributed by atoms with Crippen LogP contribution in [0.2, 0.25) is 18.6 Å². The molecule has 2 aliphatic heterocycles. The van der Waals surface area contributed by atoms with Crippen LogP contribution in [0, 0.1) is 5.92 Å². The summed E-state index contributed by atoms with van der Waals surface area (Å²) < 4.78 is 12.2. The fraction of sp³-hybridized carbons (Fsp3) is 0.650. The van der Waals surface area contributed by atoms with Crippen molar-refractivity contribution in [3.8, 4) is 5.75 Å². The molecule has 0 spiro atoms. The third-order valence-electron chi connectivity index (χ3n) is 5.94. The van der Waals surface area contributed by atoms with Gasteiger partial charge in [-0.05, 0) is 44.1 Å². The molecule has 27 heavy (non-hydrogen) atoms. The van der Waals surface area contributed by atoms with Gasteiger partial charge in [0.05, 0.1) is 6.10 Å². The predicted molar refractivity (Wildman–Crippen MR) is 107 cm³/mol. The molecule has 4 atom stereocenters. The number of nitrogens with zero attached hydrogens (tertiary/aromatic N) is 1. The van der Waals surface area contributed by atoms with Gasteiger partial charge in [0.1, 0.15) is 11.9 Å². The van der Waals surface area contributed by atoms with Crippen molar-refractivity contribution in [2.24, 2.45) is 5.92 Å². The maximum absolute atomic E-state index is 12.1. The summed E-state index contributed by atoms with van der Waals surface area (Å²) in [4.78, 5) is 24.7. The predicted octanol–water partition coefficient (Wildman–Crippen LogP) is 2.85. The zero-order valence-corrected chi connectivity index (χ0v) is 17.6. The minimum atomic E-state index is -2.54. The van der Waals surface area contributed by atoms with Crippen LogP contribution in [0.15, 0.2) is 18.2 Å². The van der Waals surface area contributed by atoms with Crippen LogP contribution in [0.1, 0.15) is 37.9 Å². The number of benzene rings is 1. The second kappa shape index (κ2) is 7.91. The molecule has 1 saturated heterocycles. The first-order valence-electron chi connectivity index (χ1n) is 9.75. The van der Waals surface area contributed by atoms with Gasteiger partial charge in [0.2, 0.25) is 5.91 Å². The van der Waals surface area contributed by atoms with Crippen LogP contribution >= 0.6 is 0 Å². The molecule has 0 radical (unpaired) electrons. The van der Waals surface area contributed by atoms with Crippen LogP contribution in [-0.4, -0.2) is 50.5 Å². The van der Waals surface area contributed by atoms with Crippen molar-refractivity contribution >= 4 is 19.9 Å². The Morgan fingerprint density at radius 1 is 1.41 bits per heavy atom. The smallest absolute Gasteiger partial charge is 0.227 e. The lowest BCUT2D eigenvalue weighted by Crippen LogP contribution is -2.48. The van der Waals surface area contributed by atoms with Gasteiger partial charge < -0.3 is 24.3 Å². The summed E-state index contributed by atoms with van der Waals surface area (Å²) in [5.41, 5.74) is 1.73. The molecule has 7 heteroatoms. The second-order valence-corrected chi connectivity index (χ2v) is 12.3. The molecule has 0 saturated carbocycles. The zero-order chi connectivity index (χ0) is 19.8. The highest BCUT2D eigenvalue weighted by Crippen LogP contribution is 2.47. The summed E-state index contributed by atoms with van der Waals surface area (Å²) in [6, 6.07) is 5.83. The molecule has 0 aromatic heterocycles. The van der Waals surface area contributed by atoms with Gasteiger partial charge in [0.15, 0.2) is 8.32 Å². The lowest BCUT2D eigenvalue weighted by molar-refractivity contribution is -0.117. The molecular weight excluding hydrogens is 362 g/mol. The van der Waals surface area contributed by atoms with E-state index in [1.54, 1.807) is 7.11 Å². The van der Waals surface area contributed by atoms with Crippen molar-refractivity contribution in [2.75, 3.05) is 25.2 Å². The Bertz CT molecular complexity index is 689. The molecule has 3 rings (SSSR count). The quantitative estimate of drug-likeness (QED) is 0.727. The number of anilines is 1. The highest BCUT2D eigenvalue weighted by Gasteiger charge is 2.46. The largest absolute Gasteiger partial charge is 0.490 e. The van der Waals surface area contributed by atoms with Crippen LogP contribution < -0.4 is 9.64 Å².